The Kier molecular flexibility index (Phi) is 5.60. The van der Waals surface area contributed by atoms with Crippen LogP contribution in [0.1, 0.15) is 52.0 Å². The summed E-state index contributed by atoms with van der Waals surface area (Å²) in [6.45, 7) is 10.0. The van der Waals surface area contributed by atoms with Crippen molar-refractivity contribution in [3.63, 3.8) is 0 Å². The van der Waals surface area contributed by atoms with Gasteiger partial charge in [-0.2, -0.15) is 0 Å². The Hall–Kier alpha value is -2.95. The monoisotopic (exact) mass is 354 g/mol. The van der Waals surface area contributed by atoms with Crippen molar-refractivity contribution in [2.45, 2.75) is 41.5 Å². The van der Waals surface area contributed by atoms with Crippen LogP contribution in [0.15, 0.2) is 24.3 Å². The van der Waals surface area contributed by atoms with E-state index >= 15 is 0 Å². The van der Waals surface area contributed by atoms with Crippen molar-refractivity contribution < 1.29 is 23.9 Å². The quantitative estimate of drug-likeness (QED) is 0.471. The van der Waals surface area contributed by atoms with E-state index in [1.54, 1.807) is 24.3 Å². The van der Waals surface area contributed by atoms with Gasteiger partial charge >= 0.3 is 11.9 Å². The zero-order valence-corrected chi connectivity index (χ0v) is 15.9. The predicted octanol–water partition coefficient (Wildman–Crippen LogP) is 4.00. The molecule has 136 valence electrons. The number of benzene rings is 2. The second-order valence-electron chi connectivity index (χ2n) is 6.24. The topological polar surface area (TPSA) is 69.7 Å². The lowest BCUT2D eigenvalue weighted by molar-refractivity contribution is -0.132. The summed E-state index contributed by atoms with van der Waals surface area (Å²) in [6, 6.07) is 6.44. The summed E-state index contributed by atoms with van der Waals surface area (Å²) >= 11 is 0. The molecule has 2 aromatic rings. The Bertz CT molecular complexity index is 863. The van der Waals surface area contributed by atoms with Crippen molar-refractivity contribution in [1.82, 2.24) is 0 Å². The molecular weight excluding hydrogens is 332 g/mol. The molecule has 0 aromatic heterocycles. The number of carbonyl (C=O) groups is 3. The van der Waals surface area contributed by atoms with Gasteiger partial charge in [-0.15, -0.1) is 0 Å². The van der Waals surface area contributed by atoms with Gasteiger partial charge in [-0.3, -0.25) is 14.4 Å². The molecule has 26 heavy (non-hydrogen) atoms. The van der Waals surface area contributed by atoms with Crippen molar-refractivity contribution >= 4 is 17.7 Å². The fourth-order valence-corrected chi connectivity index (χ4v) is 2.90. The molecule has 0 spiro atoms. The molecule has 0 aliphatic heterocycles. The third-order valence-electron chi connectivity index (χ3n) is 4.41. The zero-order chi connectivity index (χ0) is 19.6. The molecule has 0 saturated carbocycles. The second kappa shape index (κ2) is 7.52. The van der Waals surface area contributed by atoms with Crippen LogP contribution in [-0.2, 0) is 9.59 Å². The van der Waals surface area contributed by atoms with Gasteiger partial charge in [0.2, 0.25) is 0 Å². The van der Waals surface area contributed by atoms with E-state index in [-0.39, 0.29) is 5.78 Å². The average Bonchev–Trinajstić information content (AvgIpc) is 2.57. The molecule has 0 bridgehead atoms. The van der Waals surface area contributed by atoms with Crippen LogP contribution in [0.3, 0.4) is 0 Å². The normalized spacial score (nSPS) is 10.4. The average molecular weight is 354 g/mol. The fraction of sp³-hybridized carbons (Fsp3) is 0.286. The van der Waals surface area contributed by atoms with Gasteiger partial charge in [-0.25, -0.2) is 0 Å². The molecule has 0 heterocycles. The first-order valence-electron chi connectivity index (χ1n) is 8.25. The van der Waals surface area contributed by atoms with Crippen LogP contribution in [0.5, 0.6) is 11.5 Å². The predicted molar refractivity (Wildman–Crippen MR) is 97.9 cm³/mol. The Morgan fingerprint density at radius 1 is 0.692 bits per heavy atom. The highest BCUT2D eigenvalue weighted by Crippen LogP contribution is 2.34. The largest absolute Gasteiger partial charge is 0.427 e. The van der Waals surface area contributed by atoms with E-state index in [0.717, 1.165) is 22.3 Å². The van der Waals surface area contributed by atoms with Gasteiger partial charge in [0, 0.05) is 25.0 Å². The van der Waals surface area contributed by atoms with Crippen molar-refractivity contribution in [2.24, 2.45) is 0 Å². The number of hydrogen-bond acceptors (Lipinski definition) is 5. The lowest BCUT2D eigenvalue weighted by atomic mass is 9.88. The summed E-state index contributed by atoms with van der Waals surface area (Å²) in [6.07, 6.45) is 0. The van der Waals surface area contributed by atoms with Gasteiger partial charge in [0.05, 0.1) is 0 Å². The van der Waals surface area contributed by atoms with E-state index in [0.29, 0.717) is 22.6 Å². The fourth-order valence-electron chi connectivity index (χ4n) is 2.90. The Morgan fingerprint density at radius 2 is 1.15 bits per heavy atom. The maximum Gasteiger partial charge on any atom is 0.308 e. The molecule has 0 atom stereocenters. The Labute approximate surface area is 152 Å². The van der Waals surface area contributed by atoms with Gasteiger partial charge < -0.3 is 9.47 Å². The molecule has 0 N–H and O–H groups in total. The maximum atomic E-state index is 13.0. The van der Waals surface area contributed by atoms with Crippen LogP contribution >= 0.6 is 0 Å². The van der Waals surface area contributed by atoms with Crippen LogP contribution in [0.4, 0.5) is 0 Å². The Morgan fingerprint density at radius 3 is 1.58 bits per heavy atom. The first kappa shape index (κ1) is 19.4. The van der Waals surface area contributed by atoms with E-state index in [2.05, 4.69) is 0 Å². The van der Waals surface area contributed by atoms with Crippen LogP contribution in [0.2, 0.25) is 0 Å². The van der Waals surface area contributed by atoms with Gasteiger partial charge in [0.15, 0.2) is 5.78 Å². The second-order valence-corrected chi connectivity index (χ2v) is 6.24. The van der Waals surface area contributed by atoms with E-state index in [9.17, 15) is 14.4 Å². The van der Waals surface area contributed by atoms with Gasteiger partial charge in [0.1, 0.15) is 11.5 Å². The molecule has 5 heteroatoms. The molecule has 0 amide bonds. The molecular formula is C21H22O5. The number of hydrogen-bond donors (Lipinski definition) is 0. The molecule has 0 fully saturated rings. The number of esters is 2. The van der Waals surface area contributed by atoms with Gasteiger partial charge in [0.25, 0.3) is 0 Å². The SMILES string of the molecule is CC(=O)Oc1ccc(C(=O)c2c(C)c(C)c(OC(C)=O)c(C)c2C)cc1. The lowest BCUT2D eigenvalue weighted by Crippen LogP contribution is -2.13. The minimum absolute atomic E-state index is 0.130. The van der Waals surface area contributed by atoms with Crippen molar-refractivity contribution in [2.75, 3.05) is 0 Å². The lowest BCUT2D eigenvalue weighted by Gasteiger charge is -2.19. The van der Waals surface area contributed by atoms with Crippen LogP contribution < -0.4 is 9.47 Å². The van der Waals surface area contributed by atoms with E-state index < -0.39 is 11.9 Å². The smallest absolute Gasteiger partial charge is 0.308 e. The van der Waals surface area contributed by atoms with Gasteiger partial charge in [-0.1, -0.05) is 0 Å². The summed E-state index contributed by atoms with van der Waals surface area (Å²) in [5.74, 6) is -0.0394. The first-order chi connectivity index (χ1) is 12.1. The summed E-state index contributed by atoms with van der Waals surface area (Å²) in [5, 5.41) is 0. The van der Waals surface area contributed by atoms with Crippen molar-refractivity contribution in [3.8, 4) is 11.5 Å². The highest BCUT2D eigenvalue weighted by molar-refractivity contribution is 6.11. The molecule has 2 aromatic carbocycles. The van der Waals surface area contributed by atoms with Crippen molar-refractivity contribution in [1.29, 1.82) is 0 Å². The molecule has 2 rings (SSSR count). The molecule has 5 nitrogen and oxygen atoms in total. The molecule has 0 aliphatic carbocycles. The molecule has 0 saturated heterocycles. The summed E-state index contributed by atoms with van der Waals surface area (Å²) in [7, 11) is 0. The van der Waals surface area contributed by atoms with Crippen LogP contribution in [0, 0.1) is 27.7 Å². The van der Waals surface area contributed by atoms with E-state index in [4.69, 9.17) is 9.47 Å². The van der Waals surface area contributed by atoms with Crippen LogP contribution in [0.25, 0.3) is 0 Å². The Balaban J connectivity index is 2.49. The first-order valence-corrected chi connectivity index (χ1v) is 8.25. The summed E-state index contributed by atoms with van der Waals surface area (Å²) in [4.78, 5) is 35.4. The number of carbonyl (C=O) groups excluding carboxylic acids is 3. The molecule has 0 aliphatic rings. The minimum atomic E-state index is -0.414. The zero-order valence-electron chi connectivity index (χ0n) is 15.9. The number of rotatable bonds is 4. The molecule has 0 radical (unpaired) electrons. The van der Waals surface area contributed by atoms with Crippen molar-refractivity contribution in [3.05, 3.63) is 57.6 Å². The highest BCUT2D eigenvalue weighted by Gasteiger charge is 2.22. The number of ether oxygens (including phenoxy) is 2. The minimum Gasteiger partial charge on any atom is -0.427 e. The third-order valence-corrected chi connectivity index (χ3v) is 4.41. The highest BCUT2D eigenvalue weighted by atomic mass is 16.5. The number of ketones is 1. The van der Waals surface area contributed by atoms with Crippen LogP contribution in [-0.4, -0.2) is 17.7 Å². The molecule has 0 unspecified atom stereocenters. The summed E-state index contributed by atoms with van der Waals surface area (Å²) < 4.78 is 10.3. The van der Waals surface area contributed by atoms with E-state index in [1.165, 1.54) is 13.8 Å². The maximum absolute atomic E-state index is 13.0. The third kappa shape index (κ3) is 3.82. The van der Waals surface area contributed by atoms with Gasteiger partial charge in [-0.05, 0) is 74.2 Å². The van der Waals surface area contributed by atoms with E-state index in [1.807, 2.05) is 27.7 Å². The standard InChI is InChI=1S/C21H22O5/c1-11-13(3)21(26-16(6)23)14(4)12(2)19(11)20(24)17-7-9-18(10-8-17)25-15(5)22/h7-10H,1-6H3. The summed E-state index contributed by atoms with van der Waals surface area (Å²) in [5.41, 5.74) is 4.17.